The van der Waals surface area contributed by atoms with E-state index in [2.05, 4.69) is 49.7 Å². The van der Waals surface area contributed by atoms with Crippen LogP contribution in [0.2, 0.25) is 0 Å². The monoisotopic (exact) mass is 418 g/mol. The van der Waals surface area contributed by atoms with Crippen LogP contribution in [0, 0.1) is 12.8 Å². The second kappa shape index (κ2) is 8.31. The van der Waals surface area contributed by atoms with Gasteiger partial charge in [-0.2, -0.15) is 0 Å². The number of benzene rings is 1. The molecule has 3 heterocycles. The summed E-state index contributed by atoms with van der Waals surface area (Å²) in [5, 5.41) is 14.4. The number of fused-ring (bicyclic) bond motifs is 1. The van der Waals surface area contributed by atoms with E-state index in [0.29, 0.717) is 30.9 Å². The first-order chi connectivity index (χ1) is 14.7. The van der Waals surface area contributed by atoms with Gasteiger partial charge >= 0.3 is 0 Å². The highest BCUT2D eigenvalue weighted by Gasteiger charge is 2.39. The molecule has 0 radical (unpaired) electrons. The first-order valence-electron chi connectivity index (χ1n) is 10.1. The van der Waals surface area contributed by atoms with Gasteiger partial charge < -0.3 is 10.1 Å². The largest absolute Gasteiger partial charge is 0.478 e. The third-order valence-corrected chi connectivity index (χ3v) is 6.13. The molecule has 0 amide bonds. The summed E-state index contributed by atoms with van der Waals surface area (Å²) in [5.74, 6) is 2.47. The molecular weight excluding hydrogens is 396 g/mol. The fourth-order valence-electron chi connectivity index (χ4n) is 3.62. The van der Waals surface area contributed by atoms with E-state index in [1.54, 1.807) is 11.3 Å². The number of nitrogens with zero attached hydrogens (tertiary/aromatic N) is 5. The molecule has 2 atom stereocenters. The van der Waals surface area contributed by atoms with Crippen molar-refractivity contribution in [2.24, 2.45) is 5.92 Å². The summed E-state index contributed by atoms with van der Waals surface area (Å²) in [6.07, 6.45) is 3.69. The molecule has 7 nitrogen and oxygen atoms in total. The third kappa shape index (κ3) is 4.38. The Morgan fingerprint density at radius 3 is 2.97 bits per heavy atom. The number of rotatable bonds is 8. The van der Waals surface area contributed by atoms with Gasteiger partial charge in [0.2, 0.25) is 5.88 Å². The highest BCUT2D eigenvalue weighted by molar-refractivity contribution is 7.11. The van der Waals surface area contributed by atoms with E-state index in [-0.39, 0.29) is 0 Å². The summed E-state index contributed by atoms with van der Waals surface area (Å²) in [6, 6.07) is 14.4. The van der Waals surface area contributed by atoms with E-state index < -0.39 is 0 Å². The number of para-hydroxylation sites is 1. The highest BCUT2D eigenvalue weighted by atomic mass is 32.1. The molecule has 152 valence electrons. The summed E-state index contributed by atoms with van der Waals surface area (Å²) in [7, 11) is 0. The number of anilines is 1. The number of hydrogen-bond acceptors (Lipinski definition) is 8. The molecule has 0 unspecified atom stereocenters. The molecule has 1 aliphatic carbocycles. The van der Waals surface area contributed by atoms with E-state index in [1.807, 2.05) is 25.1 Å². The number of pyridine rings is 1. The van der Waals surface area contributed by atoms with Crippen molar-refractivity contribution in [1.29, 1.82) is 0 Å². The summed E-state index contributed by atoms with van der Waals surface area (Å²) >= 11 is 1.57. The van der Waals surface area contributed by atoms with Crippen LogP contribution in [0.3, 0.4) is 0 Å². The van der Waals surface area contributed by atoms with E-state index in [0.717, 1.165) is 27.8 Å². The zero-order chi connectivity index (χ0) is 20.3. The minimum absolute atomic E-state index is 0.538. The van der Waals surface area contributed by atoms with Crippen molar-refractivity contribution < 1.29 is 4.74 Å². The number of aryl methyl sites for hydroxylation is 1. The Bertz CT molecular complexity index is 1160. The first kappa shape index (κ1) is 18.9. The summed E-state index contributed by atoms with van der Waals surface area (Å²) in [5.41, 5.74) is 2.26. The topological polar surface area (TPSA) is 85.7 Å². The van der Waals surface area contributed by atoms with Crippen molar-refractivity contribution in [2.75, 3.05) is 11.9 Å². The minimum Gasteiger partial charge on any atom is -0.478 e. The zero-order valence-electron chi connectivity index (χ0n) is 16.7. The third-order valence-electron chi connectivity index (χ3n) is 5.29. The molecule has 0 spiro atoms. The second-order valence-corrected chi connectivity index (χ2v) is 8.74. The summed E-state index contributed by atoms with van der Waals surface area (Å²) in [4.78, 5) is 13.3. The lowest BCUT2D eigenvalue weighted by Crippen LogP contribution is -2.04. The molecule has 30 heavy (non-hydrogen) atoms. The molecule has 3 aromatic heterocycles. The SMILES string of the molecule is Cc1nnc(CNc2cc(OCC[C@H]3C[C@@H]3c3ccc4ccccc4n3)ncn2)s1. The van der Waals surface area contributed by atoms with Crippen LogP contribution in [-0.4, -0.2) is 31.8 Å². The van der Waals surface area contributed by atoms with Crippen molar-refractivity contribution >= 4 is 28.1 Å². The van der Waals surface area contributed by atoms with Gasteiger partial charge in [0.05, 0.1) is 18.7 Å². The van der Waals surface area contributed by atoms with Crippen LogP contribution in [0.15, 0.2) is 48.8 Å². The molecular formula is C22H22N6OS. The quantitative estimate of drug-likeness (QED) is 0.455. The van der Waals surface area contributed by atoms with Gasteiger partial charge in [-0.05, 0) is 37.8 Å². The maximum absolute atomic E-state index is 5.87. The molecule has 1 fully saturated rings. The molecule has 0 bridgehead atoms. The Kier molecular flexibility index (Phi) is 5.23. The number of ether oxygens (including phenoxy) is 1. The fourth-order valence-corrected chi connectivity index (χ4v) is 4.27. The molecule has 0 saturated heterocycles. The van der Waals surface area contributed by atoms with Crippen LogP contribution in [0.5, 0.6) is 5.88 Å². The van der Waals surface area contributed by atoms with Crippen molar-refractivity contribution in [3.05, 3.63) is 64.5 Å². The van der Waals surface area contributed by atoms with Crippen LogP contribution >= 0.6 is 11.3 Å². The maximum atomic E-state index is 5.87. The number of aromatic nitrogens is 5. The van der Waals surface area contributed by atoms with Gasteiger partial charge in [-0.3, -0.25) is 4.98 Å². The highest BCUT2D eigenvalue weighted by Crippen LogP contribution is 2.49. The van der Waals surface area contributed by atoms with Crippen molar-refractivity contribution in [3.8, 4) is 5.88 Å². The number of hydrogen-bond donors (Lipinski definition) is 1. The lowest BCUT2D eigenvalue weighted by Gasteiger charge is -2.07. The Morgan fingerprint density at radius 1 is 1.13 bits per heavy atom. The van der Waals surface area contributed by atoms with Gasteiger partial charge in [-0.25, -0.2) is 9.97 Å². The van der Waals surface area contributed by atoms with Gasteiger partial charge in [0.1, 0.15) is 22.2 Å². The first-order valence-corrected chi connectivity index (χ1v) is 10.9. The Morgan fingerprint density at radius 2 is 2.07 bits per heavy atom. The molecule has 4 aromatic rings. The second-order valence-electron chi connectivity index (χ2n) is 7.48. The molecule has 1 saturated carbocycles. The fraction of sp³-hybridized carbons (Fsp3) is 0.318. The van der Waals surface area contributed by atoms with Crippen LogP contribution < -0.4 is 10.1 Å². The van der Waals surface area contributed by atoms with Crippen molar-refractivity contribution in [2.45, 2.75) is 32.2 Å². The van der Waals surface area contributed by atoms with Crippen LogP contribution in [0.25, 0.3) is 10.9 Å². The number of nitrogens with one attached hydrogen (secondary N) is 1. The van der Waals surface area contributed by atoms with Gasteiger partial charge in [0, 0.05) is 23.1 Å². The average molecular weight is 419 g/mol. The van der Waals surface area contributed by atoms with E-state index in [9.17, 15) is 0 Å². The van der Waals surface area contributed by atoms with Gasteiger partial charge in [0.25, 0.3) is 0 Å². The summed E-state index contributed by atoms with van der Waals surface area (Å²) < 4.78 is 5.87. The zero-order valence-corrected chi connectivity index (χ0v) is 17.5. The lowest BCUT2D eigenvalue weighted by molar-refractivity contribution is 0.290. The Balaban J connectivity index is 1.11. The summed E-state index contributed by atoms with van der Waals surface area (Å²) in [6.45, 7) is 3.17. The van der Waals surface area contributed by atoms with Crippen LogP contribution in [0.1, 0.15) is 34.5 Å². The van der Waals surface area contributed by atoms with Gasteiger partial charge in [0.15, 0.2) is 0 Å². The molecule has 1 aliphatic rings. The average Bonchev–Trinajstić information content (AvgIpc) is 3.43. The van der Waals surface area contributed by atoms with Gasteiger partial charge in [-0.1, -0.05) is 35.6 Å². The van der Waals surface area contributed by atoms with E-state index in [1.165, 1.54) is 23.8 Å². The predicted octanol–water partition coefficient (Wildman–Crippen LogP) is 4.37. The predicted molar refractivity (Wildman–Crippen MR) is 117 cm³/mol. The minimum atomic E-state index is 0.538. The normalized spacial score (nSPS) is 17.8. The molecule has 1 aromatic carbocycles. The Hall–Kier alpha value is -3.13. The Labute approximate surface area is 178 Å². The smallest absolute Gasteiger partial charge is 0.218 e. The standard InChI is InChI=1S/C22H22N6OS/c1-14-27-28-22(30-14)12-23-20-11-21(25-13-24-20)29-9-8-16-10-17(16)19-7-6-15-4-2-3-5-18(15)26-19/h2-7,11,13,16-17H,8-10,12H2,1H3,(H,23,24,25)/t16-,17-/m0/s1. The van der Waals surface area contributed by atoms with E-state index in [4.69, 9.17) is 9.72 Å². The molecule has 1 N–H and O–H groups in total. The molecule has 0 aliphatic heterocycles. The maximum Gasteiger partial charge on any atom is 0.218 e. The lowest BCUT2D eigenvalue weighted by atomic mass is 10.1. The van der Waals surface area contributed by atoms with Crippen LogP contribution in [0.4, 0.5) is 5.82 Å². The van der Waals surface area contributed by atoms with E-state index >= 15 is 0 Å². The molecule has 5 rings (SSSR count). The van der Waals surface area contributed by atoms with Crippen molar-refractivity contribution in [3.63, 3.8) is 0 Å². The van der Waals surface area contributed by atoms with Crippen LogP contribution in [-0.2, 0) is 6.54 Å². The van der Waals surface area contributed by atoms with Crippen molar-refractivity contribution in [1.82, 2.24) is 25.1 Å². The van der Waals surface area contributed by atoms with Gasteiger partial charge in [-0.15, -0.1) is 10.2 Å². The molecule has 8 heteroatoms.